The van der Waals surface area contributed by atoms with Crippen molar-refractivity contribution in [1.29, 1.82) is 0 Å². The van der Waals surface area contributed by atoms with Crippen LogP contribution < -0.4 is 4.72 Å². The maximum Gasteiger partial charge on any atom is 0.240 e. The smallest absolute Gasteiger partial charge is 0.224 e. The van der Waals surface area contributed by atoms with Gasteiger partial charge in [-0.15, -0.1) is 0 Å². The number of sulfonamides is 1. The van der Waals surface area contributed by atoms with Crippen molar-refractivity contribution in [3.63, 3.8) is 0 Å². The molecule has 0 heterocycles. The largest absolute Gasteiger partial charge is 0.240 e. The number of nitrogens with one attached hydrogen (secondary N) is 1. The molecule has 0 spiro atoms. The summed E-state index contributed by atoms with van der Waals surface area (Å²) < 4.78 is 49.2. The second-order valence-electron chi connectivity index (χ2n) is 4.55. The van der Waals surface area contributed by atoms with Gasteiger partial charge in [0.2, 0.25) is 10.0 Å². The van der Waals surface area contributed by atoms with Crippen LogP contribution in [0, 0.1) is 0 Å². The summed E-state index contributed by atoms with van der Waals surface area (Å²) in [5.74, 6) is 0. The van der Waals surface area contributed by atoms with Gasteiger partial charge in [-0.05, 0) is 29.8 Å². The lowest BCUT2D eigenvalue weighted by molar-refractivity contribution is 0.581. The molecular weight excluding hydrogens is 310 g/mol. The fourth-order valence-electron chi connectivity index (χ4n) is 1.72. The van der Waals surface area contributed by atoms with E-state index in [0.717, 1.165) is 6.26 Å². The van der Waals surface area contributed by atoms with Gasteiger partial charge in [0.15, 0.2) is 9.84 Å². The van der Waals surface area contributed by atoms with E-state index >= 15 is 0 Å². The van der Waals surface area contributed by atoms with Crippen molar-refractivity contribution in [3.8, 4) is 0 Å². The van der Waals surface area contributed by atoms with Crippen molar-refractivity contribution in [3.05, 3.63) is 60.2 Å². The summed E-state index contributed by atoms with van der Waals surface area (Å²) in [5.41, 5.74) is 0.682. The fourth-order valence-corrected chi connectivity index (χ4v) is 3.39. The summed E-state index contributed by atoms with van der Waals surface area (Å²) >= 11 is 0. The fraction of sp³-hybridized carbons (Fsp3) is 0.143. The van der Waals surface area contributed by atoms with Gasteiger partial charge in [-0.1, -0.05) is 30.3 Å². The Balaban J connectivity index is 2.10. The average Bonchev–Trinajstić information content (AvgIpc) is 2.46. The molecule has 5 nitrogen and oxygen atoms in total. The number of benzene rings is 2. The van der Waals surface area contributed by atoms with Gasteiger partial charge >= 0.3 is 0 Å². The molecule has 0 fully saturated rings. The summed E-state index contributed by atoms with van der Waals surface area (Å²) in [4.78, 5) is 0.398. The molecule has 0 aliphatic rings. The first-order valence-corrected chi connectivity index (χ1v) is 9.50. The maximum absolute atomic E-state index is 12.0. The Morgan fingerprint density at radius 1 is 0.810 bits per heavy atom. The van der Waals surface area contributed by atoms with Gasteiger partial charge < -0.3 is 0 Å². The van der Waals surface area contributed by atoms with Crippen LogP contribution >= 0.6 is 0 Å². The van der Waals surface area contributed by atoms with E-state index in [0.29, 0.717) is 5.56 Å². The summed E-state index contributed by atoms with van der Waals surface area (Å²) in [6.07, 6.45) is 1.13. The lowest BCUT2D eigenvalue weighted by atomic mass is 10.2. The van der Waals surface area contributed by atoms with Crippen LogP contribution in [0.4, 0.5) is 0 Å². The van der Waals surface area contributed by atoms with E-state index in [9.17, 15) is 16.8 Å². The first-order valence-electron chi connectivity index (χ1n) is 6.13. The Bertz CT molecular complexity index is 811. The molecular formula is C14H15NO4S2. The van der Waals surface area contributed by atoms with E-state index in [1.165, 1.54) is 24.3 Å². The van der Waals surface area contributed by atoms with E-state index in [1.807, 2.05) is 0 Å². The van der Waals surface area contributed by atoms with Crippen LogP contribution in [0.15, 0.2) is 64.4 Å². The van der Waals surface area contributed by atoms with Gasteiger partial charge in [-0.25, -0.2) is 21.6 Å². The Hall–Kier alpha value is -1.70. The zero-order valence-corrected chi connectivity index (χ0v) is 13.0. The topological polar surface area (TPSA) is 80.3 Å². The molecule has 0 aliphatic carbocycles. The monoisotopic (exact) mass is 325 g/mol. The van der Waals surface area contributed by atoms with Gasteiger partial charge in [0.25, 0.3) is 0 Å². The number of hydrogen-bond donors (Lipinski definition) is 1. The normalized spacial score (nSPS) is 12.2. The third-order valence-corrected chi connectivity index (χ3v) is 5.42. The van der Waals surface area contributed by atoms with Crippen molar-refractivity contribution >= 4 is 19.9 Å². The van der Waals surface area contributed by atoms with Crippen molar-refractivity contribution in [2.24, 2.45) is 0 Å². The number of rotatable bonds is 5. The second kappa shape index (κ2) is 5.97. The molecule has 0 atom stereocenters. The zero-order valence-electron chi connectivity index (χ0n) is 11.4. The highest BCUT2D eigenvalue weighted by molar-refractivity contribution is 7.90. The first-order chi connectivity index (χ1) is 9.79. The molecule has 0 amide bonds. The highest BCUT2D eigenvalue weighted by Gasteiger charge is 2.13. The first kappa shape index (κ1) is 15.7. The highest BCUT2D eigenvalue weighted by atomic mass is 32.2. The van der Waals surface area contributed by atoms with E-state index in [-0.39, 0.29) is 16.3 Å². The lowest BCUT2D eigenvalue weighted by Crippen LogP contribution is -2.23. The minimum Gasteiger partial charge on any atom is -0.224 e. The van der Waals surface area contributed by atoms with Crippen LogP contribution in [0.3, 0.4) is 0 Å². The summed E-state index contributed by atoms with van der Waals surface area (Å²) in [6, 6.07) is 14.1. The van der Waals surface area contributed by atoms with Crippen LogP contribution in [0.25, 0.3) is 0 Å². The standard InChI is InChI=1S/C14H15NO4S2/c1-20(16,17)13-9-7-12(8-10-13)11-15-21(18,19)14-5-3-2-4-6-14/h2-10,15H,11H2,1H3. The quantitative estimate of drug-likeness (QED) is 0.905. The van der Waals surface area contributed by atoms with Gasteiger partial charge in [0.1, 0.15) is 0 Å². The number of sulfone groups is 1. The maximum atomic E-state index is 12.0. The highest BCUT2D eigenvalue weighted by Crippen LogP contribution is 2.12. The summed E-state index contributed by atoms with van der Waals surface area (Å²) in [6.45, 7) is 0.0985. The minimum atomic E-state index is -3.57. The van der Waals surface area contributed by atoms with Crippen LogP contribution in [-0.2, 0) is 26.4 Å². The van der Waals surface area contributed by atoms with Crippen LogP contribution in [0.2, 0.25) is 0 Å². The Morgan fingerprint density at radius 2 is 1.38 bits per heavy atom. The van der Waals surface area contributed by atoms with E-state index in [2.05, 4.69) is 4.72 Å². The Kier molecular flexibility index (Phi) is 4.46. The molecule has 2 rings (SSSR count). The van der Waals surface area contributed by atoms with Gasteiger partial charge in [-0.3, -0.25) is 0 Å². The molecule has 21 heavy (non-hydrogen) atoms. The molecule has 0 aliphatic heterocycles. The Labute approximate surface area is 124 Å². The summed E-state index contributed by atoms with van der Waals surface area (Å²) in [5, 5.41) is 0. The molecule has 0 bridgehead atoms. The molecule has 0 saturated heterocycles. The third-order valence-electron chi connectivity index (χ3n) is 2.87. The van der Waals surface area contributed by atoms with Crippen molar-refractivity contribution in [2.45, 2.75) is 16.3 Å². The molecule has 0 aromatic heterocycles. The molecule has 0 saturated carbocycles. The Morgan fingerprint density at radius 3 is 1.90 bits per heavy atom. The van der Waals surface area contributed by atoms with Crippen molar-refractivity contribution in [2.75, 3.05) is 6.26 Å². The van der Waals surface area contributed by atoms with E-state index in [1.54, 1.807) is 30.3 Å². The predicted octanol–water partition coefficient (Wildman–Crippen LogP) is 1.57. The molecule has 0 unspecified atom stereocenters. The van der Waals surface area contributed by atoms with Crippen LogP contribution in [0.1, 0.15) is 5.56 Å². The van der Waals surface area contributed by atoms with Crippen molar-refractivity contribution < 1.29 is 16.8 Å². The van der Waals surface area contributed by atoms with E-state index < -0.39 is 19.9 Å². The lowest BCUT2D eigenvalue weighted by Gasteiger charge is -2.07. The second-order valence-corrected chi connectivity index (χ2v) is 8.34. The average molecular weight is 325 g/mol. The predicted molar refractivity (Wildman–Crippen MR) is 80.0 cm³/mol. The molecule has 0 radical (unpaired) electrons. The third kappa shape index (κ3) is 4.13. The van der Waals surface area contributed by atoms with E-state index in [4.69, 9.17) is 0 Å². The molecule has 112 valence electrons. The molecule has 2 aromatic rings. The number of hydrogen-bond acceptors (Lipinski definition) is 4. The van der Waals surface area contributed by atoms with Crippen LogP contribution in [0.5, 0.6) is 0 Å². The van der Waals surface area contributed by atoms with Crippen molar-refractivity contribution in [1.82, 2.24) is 4.72 Å². The van der Waals surface area contributed by atoms with Crippen LogP contribution in [-0.4, -0.2) is 23.1 Å². The molecule has 7 heteroatoms. The SMILES string of the molecule is CS(=O)(=O)c1ccc(CNS(=O)(=O)c2ccccc2)cc1. The summed E-state index contributed by atoms with van der Waals surface area (Å²) in [7, 11) is -6.81. The molecule has 1 N–H and O–H groups in total. The van der Waals surface area contributed by atoms with Gasteiger partial charge in [0.05, 0.1) is 9.79 Å². The minimum absolute atomic E-state index is 0.0985. The molecule has 2 aromatic carbocycles. The van der Waals surface area contributed by atoms with Gasteiger partial charge in [0, 0.05) is 12.8 Å². The zero-order chi connectivity index (χ0) is 15.5. The van der Waals surface area contributed by atoms with Gasteiger partial charge in [-0.2, -0.15) is 0 Å².